The quantitative estimate of drug-likeness (QED) is 0.741. The van der Waals surface area contributed by atoms with Crippen molar-refractivity contribution >= 4 is 21.6 Å². The maximum absolute atomic E-state index is 12.1. The summed E-state index contributed by atoms with van der Waals surface area (Å²) in [6.07, 6.45) is 0.345. The van der Waals surface area contributed by atoms with Gasteiger partial charge in [0.2, 0.25) is 15.9 Å². The Labute approximate surface area is 126 Å². The monoisotopic (exact) mass is 313 g/mol. The number of nitrogens with one attached hydrogen (secondary N) is 2. The number of nitrogens with zero attached hydrogens (tertiary/aromatic N) is 1. The molecule has 0 heterocycles. The van der Waals surface area contributed by atoms with Crippen LogP contribution >= 0.6 is 0 Å². The smallest absolute Gasteiger partial charge is 0.242 e. The van der Waals surface area contributed by atoms with Crippen molar-refractivity contribution in [3.05, 3.63) is 23.8 Å². The van der Waals surface area contributed by atoms with Gasteiger partial charge in [-0.2, -0.15) is 0 Å². The molecule has 1 rings (SSSR count). The van der Waals surface area contributed by atoms with Gasteiger partial charge in [0.1, 0.15) is 0 Å². The predicted octanol–water partition coefficient (Wildman–Crippen LogP) is 1.18. The van der Waals surface area contributed by atoms with Crippen LogP contribution in [0.15, 0.2) is 23.1 Å². The van der Waals surface area contributed by atoms with E-state index < -0.39 is 10.0 Å². The van der Waals surface area contributed by atoms with Gasteiger partial charge >= 0.3 is 0 Å². The molecule has 1 aromatic carbocycles. The SMILES string of the molecule is CCNCCC(=O)Nc1cc(S(=O)(=O)N(C)C)ccc1C. The molecular weight excluding hydrogens is 290 g/mol. The Hall–Kier alpha value is -1.44. The molecule has 2 N–H and O–H groups in total. The van der Waals surface area contributed by atoms with Crippen LogP contribution in [0.4, 0.5) is 5.69 Å². The number of hydrogen-bond acceptors (Lipinski definition) is 4. The molecular formula is C14H23N3O3S. The standard InChI is InChI=1S/C14H23N3O3S/c1-5-15-9-8-14(18)16-13-10-12(7-6-11(13)2)21(19,20)17(3)4/h6-7,10,15H,5,8-9H2,1-4H3,(H,16,18). The summed E-state index contributed by atoms with van der Waals surface area (Å²) < 4.78 is 25.3. The predicted molar refractivity (Wildman–Crippen MR) is 83.8 cm³/mol. The minimum Gasteiger partial charge on any atom is -0.326 e. The van der Waals surface area contributed by atoms with Crippen molar-refractivity contribution in [2.45, 2.75) is 25.2 Å². The fourth-order valence-corrected chi connectivity index (χ4v) is 2.63. The highest BCUT2D eigenvalue weighted by molar-refractivity contribution is 7.89. The van der Waals surface area contributed by atoms with Crippen LogP contribution in [0.2, 0.25) is 0 Å². The van der Waals surface area contributed by atoms with E-state index in [4.69, 9.17) is 0 Å². The first kappa shape index (κ1) is 17.6. The molecule has 0 saturated carbocycles. The van der Waals surface area contributed by atoms with Gasteiger partial charge in [0.25, 0.3) is 0 Å². The molecule has 0 aliphatic rings. The minimum absolute atomic E-state index is 0.140. The fraction of sp³-hybridized carbons (Fsp3) is 0.500. The molecule has 0 fully saturated rings. The molecule has 0 atom stereocenters. The van der Waals surface area contributed by atoms with E-state index in [0.717, 1.165) is 16.4 Å². The molecule has 21 heavy (non-hydrogen) atoms. The Morgan fingerprint density at radius 3 is 2.52 bits per heavy atom. The first-order chi connectivity index (χ1) is 9.78. The lowest BCUT2D eigenvalue weighted by atomic mass is 10.2. The molecule has 0 aliphatic carbocycles. The number of sulfonamides is 1. The molecule has 0 unspecified atom stereocenters. The molecule has 0 aliphatic heterocycles. The number of anilines is 1. The van der Waals surface area contributed by atoms with Gasteiger partial charge in [0.05, 0.1) is 4.90 Å². The van der Waals surface area contributed by atoms with Crippen LogP contribution in [0.1, 0.15) is 18.9 Å². The Bertz CT molecular complexity index is 597. The largest absolute Gasteiger partial charge is 0.326 e. The lowest BCUT2D eigenvalue weighted by Crippen LogP contribution is -2.23. The Morgan fingerprint density at radius 1 is 1.29 bits per heavy atom. The molecule has 0 aromatic heterocycles. The van der Waals surface area contributed by atoms with Crippen LogP contribution in [0.3, 0.4) is 0 Å². The molecule has 0 saturated heterocycles. The summed E-state index contributed by atoms with van der Waals surface area (Å²) in [5, 5.41) is 5.83. The molecule has 0 bridgehead atoms. The van der Waals surface area contributed by atoms with Gasteiger partial charge < -0.3 is 10.6 Å². The third-order valence-electron chi connectivity index (χ3n) is 3.04. The van der Waals surface area contributed by atoms with E-state index in [1.807, 2.05) is 13.8 Å². The van der Waals surface area contributed by atoms with Crippen LogP contribution in [0.25, 0.3) is 0 Å². The van der Waals surface area contributed by atoms with Crippen LogP contribution in [-0.2, 0) is 14.8 Å². The van der Waals surface area contributed by atoms with E-state index in [0.29, 0.717) is 18.7 Å². The summed E-state index contributed by atoms with van der Waals surface area (Å²) >= 11 is 0. The zero-order chi connectivity index (χ0) is 16.0. The number of aryl methyl sites for hydroxylation is 1. The molecule has 6 nitrogen and oxygen atoms in total. The van der Waals surface area contributed by atoms with E-state index in [1.165, 1.54) is 20.2 Å². The molecule has 0 spiro atoms. The van der Waals surface area contributed by atoms with Gasteiger partial charge in [0, 0.05) is 32.7 Å². The van der Waals surface area contributed by atoms with Gasteiger partial charge in [-0.25, -0.2) is 12.7 Å². The molecule has 118 valence electrons. The highest BCUT2D eigenvalue weighted by Gasteiger charge is 2.18. The number of carbonyl (C=O) groups excluding carboxylic acids is 1. The summed E-state index contributed by atoms with van der Waals surface area (Å²) in [4.78, 5) is 12.0. The zero-order valence-electron chi connectivity index (χ0n) is 12.9. The highest BCUT2D eigenvalue weighted by atomic mass is 32.2. The Morgan fingerprint density at radius 2 is 1.95 bits per heavy atom. The Kier molecular flexibility index (Phi) is 6.32. The first-order valence-corrected chi connectivity index (χ1v) is 8.26. The maximum atomic E-state index is 12.1. The molecule has 1 aromatic rings. The van der Waals surface area contributed by atoms with Crippen molar-refractivity contribution in [3.8, 4) is 0 Å². The second-order valence-electron chi connectivity index (χ2n) is 4.92. The molecule has 7 heteroatoms. The van der Waals surface area contributed by atoms with E-state index in [1.54, 1.807) is 12.1 Å². The summed E-state index contributed by atoms with van der Waals surface area (Å²) in [7, 11) is -0.551. The van der Waals surface area contributed by atoms with Crippen LogP contribution in [0.5, 0.6) is 0 Å². The van der Waals surface area contributed by atoms with Crippen molar-refractivity contribution in [3.63, 3.8) is 0 Å². The van der Waals surface area contributed by atoms with Gasteiger partial charge in [-0.05, 0) is 31.2 Å². The number of hydrogen-bond donors (Lipinski definition) is 2. The van der Waals surface area contributed by atoms with Gasteiger partial charge in [-0.3, -0.25) is 4.79 Å². The van der Waals surface area contributed by atoms with Gasteiger partial charge in [0.15, 0.2) is 0 Å². The van der Waals surface area contributed by atoms with Crippen molar-refractivity contribution in [1.82, 2.24) is 9.62 Å². The molecule has 1 amide bonds. The second kappa shape index (κ2) is 7.53. The first-order valence-electron chi connectivity index (χ1n) is 6.82. The minimum atomic E-state index is -3.50. The third-order valence-corrected chi connectivity index (χ3v) is 4.85. The summed E-state index contributed by atoms with van der Waals surface area (Å²) in [6.45, 7) is 5.20. The molecule has 0 radical (unpaired) electrons. The van der Waals surface area contributed by atoms with Gasteiger partial charge in [-0.1, -0.05) is 13.0 Å². The van der Waals surface area contributed by atoms with Crippen molar-refractivity contribution < 1.29 is 13.2 Å². The van der Waals surface area contributed by atoms with E-state index in [9.17, 15) is 13.2 Å². The van der Waals surface area contributed by atoms with Gasteiger partial charge in [-0.15, -0.1) is 0 Å². The summed E-state index contributed by atoms with van der Waals surface area (Å²) in [5.41, 5.74) is 1.35. The Balaban J connectivity index is 2.91. The topological polar surface area (TPSA) is 78.5 Å². The number of rotatable bonds is 7. The van der Waals surface area contributed by atoms with E-state index in [2.05, 4.69) is 10.6 Å². The van der Waals surface area contributed by atoms with Crippen molar-refractivity contribution in [1.29, 1.82) is 0 Å². The lowest BCUT2D eigenvalue weighted by Gasteiger charge is -2.14. The van der Waals surface area contributed by atoms with E-state index in [-0.39, 0.29) is 10.8 Å². The van der Waals surface area contributed by atoms with Crippen molar-refractivity contribution in [2.24, 2.45) is 0 Å². The third kappa shape index (κ3) is 4.80. The normalized spacial score (nSPS) is 11.7. The fourth-order valence-electron chi connectivity index (χ4n) is 1.70. The average Bonchev–Trinajstić information content (AvgIpc) is 2.41. The summed E-state index contributed by atoms with van der Waals surface area (Å²) in [5.74, 6) is -0.140. The average molecular weight is 313 g/mol. The maximum Gasteiger partial charge on any atom is 0.242 e. The number of benzene rings is 1. The second-order valence-corrected chi connectivity index (χ2v) is 7.07. The zero-order valence-corrected chi connectivity index (χ0v) is 13.8. The number of carbonyl (C=O) groups is 1. The van der Waals surface area contributed by atoms with Crippen LogP contribution < -0.4 is 10.6 Å². The van der Waals surface area contributed by atoms with Crippen LogP contribution in [0, 0.1) is 6.92 Å². The number of amides is 1. The highest BCUT2D eigenvalue weighted by Crippen LogP contribution is 2.22. The lowest BCUT2D eigenvalue weighted by molar-refractivity contribution is -0.116. The van der Waals surface area contributed by atoms with E-state index >= 15 is 0 Å². The van der Waals surface area contributed by atoms with Crippen molar-refractivity contribution in [2.75, 3.05) is 32.5 Å². The summed E-state index contributed by atoms with van der Waals surface area (Å²) in [6, 6.07) is 4.73. The van der Waals surface area contributed by atoms with Crippen LogP contribution in [-0.4, -0.2) is 45.8 Å².